The molecule has 0 aliphatic carbocycles. The first-order valence-electron chi connectivity index (χ1n) is 13.2. The number of imidazole rings is 1. The van der Waals surface area contributed by atoms with Crippen LogP contribution in [0.2, 0.25) is 0 Å². The number of H-pyrrole nitrogens is 1. The fraction of sp³-hybridized carbons (Fsp3) is 0.407. The molecule has 0 radical (unpaired) electrons. The number of piperazine rings is 1. The molecule has 2 aliphatic heterocycles. The molecule has 2 saturated heterocycles. The maximum absolute atomic E-state index is 5.64. The first kappa shape index (κ1) is 23.7. The molecule has 5 aromatic rings. The minimum absolute atomic E-state index is 0.721. The smallest absolute Gasteiger partial charge is 0.162 e. The molecule has 0 atom stereocenters. The predicted molar refractivity (Wildman–Crippen MR) is 149 cm³/mol. The normalized spacial score (nSPS) is 17.7. The van der Waals surface area contributed by atoms with E-state index in [9.17, 15) is 0 Å². The van der Waals surface area contributed by atoms with E-state index in [0.29, 0.717) is 0 Å². The van der Waals surface area contributed by atoms with Gasteiger partial charge in [-0.1, -0.05) is 12.1 Å². The summed E-state index contributed by atoms with van der Waals surface area (Å²) >= 11 is 1.83. The number of aromatic amines is 1. The second kappa shape index (κ2) is 10.1. The van der Waals surface area contributed by atoms with Crippen LogP contribution >= 0.6 is 11.3 Å². The van der Waals surface area contributed by atoms with E-state index in [1.54, 1.807) is 0 Å². The summed E-state index contributed by atoms with van der Waals surface area (Å²) < 4.78 is 8.91. The molecule has 38 heavy (non-hydrogen) atoms. The molecular formula is C27H31N9OS. The molecule has 7 rings (SSSR count). The van der Waals surface area contributed by atoms with Crippen LogP contribution in [0.3, 0.4) is 0 Å². The van der Waals surface area contributed by atoms with E-state index in [4.69, 9.17) is 14.7 Å². The number of aromatic nitrogens is 6. The standard InChI is InChI=1S/C27H31N9OS/c1-33-6-5-28-24(33)18-35-9-7-34(8-10-35)17-19-15-23-25(38-19)27(36-11-13-37-14-12-36)31-26(30-23)20-3-2-4-22-21(20)16-29-32-22/h2-6,15-16H,7-14,17-18H2,1H3,(H,29,32). The molecule has 0 bridgehead atoms. The highest BCUT2D eigenvalue weighted by Gasteiger charge is 2.23. The summed E-state index contributed by atoms with van der Waals surface area (Å²) in [5.41, 5.74) is 3.02. The van der Waals surface area contributed by atoms with E-state index in [-0.39, 0.29) is 0 Å². The van der Waals surface area contributed by atoms with Crippen molar-refractivity contribution in [3.05, 3.63) is 53.6 Å². The van der Waals surface area contributed by atoms with Gasteiger partial charge >= 0.3 is 0 Å². The molecule has 1 N–H and O–H groups in total. The van der Waals surface area contributed by atoms with E-state index in [0.717, 1.165) is 105 Å². The lowest BCUT2D eigenvalue weighted by molar-refractivity contribution is 0.120. The summed E-state index contributed by atoms with van der Waals surface area (Å²) in [4.78, 5) is 23.4. The Hall–Kier alpha value is -3.38. The molecule has 11 heteroatoms. The zero-order valence-electron chi connectivity index (χ0n) is 21.5. The van der Waals surface area contributed by atoms with Gasteiger partial charge in [-0.15, -0.1) is 11.3 Å². The van der Waals surface area contributed by atoms with Crippen molar-refractivity contribution in [2.45, 2.75) is 13.1 Å². The Morgan fingerprint density at radius 2 is 1.82 bits per heavy atom. The number of aryl methyl sites for hydroxylation is 1. The van der Waals surface area contributed by atoms with Crippen molar-refractivity contribution in [2.24, 2.45) is 7.05 Å². The Labute approximate surface area is 224 Å². The lowest BCUT2D eigenvalue weighted by Crippen LogP contribution is -2.45. The van der Waals surface area contributed by atoms with Crippen LogP contribution < -0.4 is 4.90 Å². The summed E-state index contributed by atoms with van der Waals surface area (Å²) in [7, 11) is 2.06. The van der Waals surface area contributed by atoms with Gasteiger partial charge in [0.15, 0.2) is 11.6 Å². The van der Waals surface area contributed by atoms with Crippen molar-refractivity contribution < 1.29 is 4.74 Å². The number of fused-ring (bicyclic) bond motifs is 2. The molecule has 0 unspecified atom stereocenters. The number of rotatable bonds is 6. The fourth-order valence-electron chi connectivity index (χ4n) is 5.39. The van der Waals surface area contributed by atoms with Gasteiger partial charge in [-0.3, -0.25) is 14.9 Å². The molecule has 4 aromatic heterocycles. The number of anilines is 1. The number of morpholine rings is 1. The molecule has 10 nitrogen and oxygen atoms in total. The van der Waals surface area contributed by atoms with Crippen molar-refractivity contribution in [3.8, 4) is 11.4 Å². The summed E-state index contributed by atoms with van der Waals surface area (Å²) in [5, 5.41) is 8.35. The van der Waals surface area contributed by atoms with E-state index in [2.05, 4.69) is 53.6 Å². The highest BCUT2D eigenvalue weighted by atomic mass is 32.1. The lowest BCUT2D eigenvalue weighted by Gasteiger charge is -2.34. The third-order valence-corrected chi connectivity index (χ3v) is 8.68. The first-order chi connectivity index (χ1) is 18.7. The van der Waals surface area contributed by atoms with E-state index in [1.165, 1.54) is 9.58 Å². The second-order valence-corrected chi connectivity index (χ2v) is 11.2. The molecular weight excluding hydrogens is 498 g/mol. The Kier molecular flexibility index (Phi) is 6.28. The van der Waals surface area contributed by atoms with Crippen LogP contribution in [-0.4, -0.2) is 92.0 Å². The van der Waals surface area contributed by atoms with E-state index >= 15 is 0 Å². The van der Waals surface area contributed by atoms with E-state index in [1.807, 2.05) is 42.1 Å². The van der Waals surface area contributed by atoms with Gasteiger partial charge in [0, 0.05) is 81.1 Å². The number of ether oxygens (including phenoxy) is 1. The highest BCUT2D eigenvalue weighted by Crippen LogP contribution is 2.36. The number of nitrogens with zero attached hydrogens (tertiary/aromatic N) is 8. The minimum atomic E-state index is 0.721. The number of nitrogens with one attached hydrogen (secondary N) is 1. The van der Waals surface area contributed by atoms with E-state index < -0.39 is 0 Å². The van der Waals surface area contributed by atoms with Crippen molar-refractivity contribution in [1.82, 2.24) is 39.5 Å². The van der Waals surface area contributed by atoms with Gasteiger partial charge in [0.2, 0.25) is 0 Å². The van der Waals surface area contributed by atoms with Crippen LogP contribution in [0.1, 0.15) is 10.7 Å². The average Bonchev–Trinajstić information content (AvgIpc) is 3.69. The third kappa shape index (κ3) is 4.55. The molecule has 0 amide bonds. The average molecular weight is 530 g/mol. The SMILES string of the molecule is Cn1ccnc1CN1CCN(Cc2cc3nc(-c4cccc5[nH]ncc45)nc(N4CCOCC4)c3s2)CC1. The molecule has 6 heterocycles. The van der Waals surface area contributed by atoms with Crippen LogP contribution in [0.15, 0.2) is 42.9 Å². The van der Waals surface area contributed by atoms with Gasteiger partial charge in [0.1, 0.15) is 5.82 Å². The van der Waals surface area contributed by atoms with Gasteiger partial charge in [0.05, 0.1) is 41.7 Å². The minimum Gasteiger partial charge on any atom is -0.378 e. The largest absolute Gasteiger partial charge is 0.378 e. The Morgan fingerprint density at radius 1 is 1.00 bits per heavy atom. The van der Waals surface area contributed by atoms with Crippen molar-refractivity contribution in [2.75, 3.05) is 57.4 Å². The Balaban J connectivity index is 1.16. The topological polar surface area (TPSA) is 91.2 Å². The van der Waals surface area contributed by atoms with Crippen LogP contribution in [0.5, 0.6) is 0 Å². The molecule has 2 aliphatic rings. The van der Waals surface area contributed by atoms with Crippen LogP contribution in [0.4, 0.5) is 5.82 Å². The molecule has 2 fully saturated rings. The molecule has 0 spiro atoms. The molecule has 1 aromatic carbocycles. The summed E-state index contributed by atoms with van der Waals surface area (Å²) in [6.07, 6.45) is 5.75. The quantitative estimate of drug-likeness (QED) is 0.359. The highest BCUT2D eigenvalue weighted by molar-refractivity contribution is 7.19. The zero-order valence-corrected chi connectivity index (χ0v) is 22.3. The lowest BCUT2D eigenvalue weighted by atomic mass is 10.1. The van der Waals surface area contributed by atoms with Crippen molar-refractivity contribution in [1.29, 1.82) is 0 Å². The second-order valence-electron chi connectivity index (χ2n) is 10.0. The Bertz CT molecular complexity index is 1560. The Morgan fingerprint density at radius 3 is 2.61 bits per heavy atom. The van der Waals surface area contributed by atoms with Gasteiger partial charge in [0.25, 0.3) is 0 Å². The van der Waals surface area contributed by atoms with Gasteiger partial charge in [-0.25, -0.2) is 15.0 Å². The molecule has 196 valence electrons. The molecule has 0 saturated carbocycles. The predicted octanol–water partition coefficient (Wildman–Crippen LogP) is 3.12. The van der Waals surface area contributed by atoms with Gasteiger partial charge in [-0.2, -0.15) is 5.10 Å². The van der Waals surface area contributed by atoms with Gasteiger partial charge in [-0.05, 0) is 12.1 Å². The van der Waals surface area contributed by atoms with Crippen molar-refractivity contribution in [3.63, 3.8) is 0 Å². The zero-order chi connectivity index (χ0) is 25.5. The van der Waals surface area contributed by atoms with Crippen LogP contribution in [0.25, 0.3) is 32.5 Å². The number of thiophene rings is 1. The van der Waals surface area contributed by atoms with Gasteiger partial charge < -0.3 is 14.2 Å². The van der Waals surface area contributed by atoms with Crippen molar-refractivity contribution >= 4 is 38.3 Å². The number of benzene rings is 1. The monoisotopic (exact) mass is 529 g/mol. The maximum atomic E-state index is 5.64. The van der Waals surface area contributed by atoms with Crippen LogP contribution in [0, 0.1) is 0 Å². The summed E-state index contributed by atoms with van der Waals surface area (Å²) in [6.45, 7) is 9.17. The maximum Gasteiger partial charge on any atom is 0.162 e. The number of hydrogen-bond donors (Lipinski definition) is 1. The fourth-order valence-corrected chi connectivity index (χ4v) is 6.55. The summed E-state index contributed by atoms with van der Waals surface area (Å²) in [6, 6.07) is 8.42. The number of hydrogen-bond acceptors (Lipinski definition) is 9. The first-order valence-corrected chi connectivity index (χ1v) is 14.0. The third-order valence-electron chi connectivity index (χ3n) is 7.57. The van der Waals surface area contributed by atoms with Crippen LogP contribution in [-0.2, 0) is 24.9 Å². The summed E-state index contributed by atoms with van der Waals surface area (Å²) in [5.74, 6) is 2.89.